The van der Waals surface area contributed by atoms with E-state index in [9.17, 15) is 0 Å². The average molecular weight is 341 g/mol. The normalized spacial score (nSPS) is 24.0. The second kappa shape index (κ2) is 9.16. The fourth-order valence-corrected chi connectivity index (χ4v) is 4.59. The van der Waals surface area contributed by atoms with E-state index in [0.717, 1.165) is 31.5 Å². The maximum absolute atomic E-state index is 4.48. The fourth-order valence-electron chi connectivity index (χ4n) is 3.48. The van der Waals surface area contributed by atoms with Crippen molar-refractivity contribution in [2.24, 2.45) is 10.9 Å². The number of hydrogen-bond acceptors (Lipinski definition) is 3. The van der Waals surface area contributed by atoms with Gasteiger partial charge in [0.15, 0.2) is 5.96 Å². The number of thioether (sulfide) groups is 1. The molecule has 0 saturated carbocycles. The van der Waals surface area contributed by atoms with E-state index in [0.29, 0.717) is 4.75 Å². The van der Waals surface area contributed by atoms with Gasteiger partial charge in [0.05, 0.1) is 0 Å². The quantitative estimate of drug-likeness (QED) is 0.474. The number of piperidine rings is 1. The second-order valence-electron chi connectivity index (χ2n) is 7.73. The number of hydrogen-bond donors (Lipinski definition) is 1. The Balaban J connectivity index is 1.61. The van der Waals surface area contributed by atoms with Crippen LogP contribution in [-0.4, -0.2) is 72.6 Å². The van der Waals surface area contributed by atoms with Crippen LogP contribution in [0.2, 0.25) is 0 Å². The summed E-state index contributed by atoms with van der Waals surface area (Å²) in [5.74, 6) is 3.22. The third-order valence-corrected chi connectivity index (χ3v) is 6.29. The molecule has 1 N–H and O–H groups in total. The van der Waals surface area contributed by atoms with Crippen molar-refractivity contribution in [3.63, 3.8) is 0 Å². The van der Waals surface area contributed by atoms with E-state index in [1.54, 1.807) is 0 Å². The Morgan fingerprint density at radius 1 is 1.22 bits per heavy atom. The lowest BCUT2D eigenvalue weighted by molar-refractivity contribution is 0.189. The van der Waals surface area contributed by atoms with Crippen LogP contribution in [0, 0.1) is 5.92 Å². The average Bonchev–Trinajstić information content (AvgIpc) is 2.51. The van der Waals surface area contributed by atoms with Crippen LogP contribution in [0.3, 0.4) is 0 Å². The van der Waals surface area contributed by atoms with Gasteiger partial charge in [0, 0.05) is 37.2 Å². The molecule has 2 aliphatic rings. The molecule has 5 heteroatoms. The molecule has 2 rings (SSSR count). The molecule has 134 valence electrons. The molecule has 0 aromatic carbocycles. The van der Waals surface area contributed by atoms with Crippen LogP contribution >= 0.6 is 11.8 Å². The van der Waals surface area contributed by atoms with Gasteiger partial charge in [-0.2, -0.15) is 11.8 Å². The Kier molecular flexibility index (Phi) is 7.54. The van der Waals surface area contributed by atoms with Crippen LogP contribution in [0.15, 0.2) is 4.99 Å². The zero-order valence-corrected chi connectivity index (χ0v) is 16.4. The molecule has 2 aliphatic heterocycles. The van der Waals surface area contributed by atoms with Gasteiger partial charge in [-0.3, -0.25) is 4.99 Å². The van der Waals surface area contributed by atoms with E-state index in [-0.39, 0.29) is 0 Å². The van der Waals surface area contributed by atoms with Crippen LogP contribution in [0.5, 0.6) is 0 Å². The summed E-state index contributed by atoms with van der Waals surface area (Å²) in [6, 6.07) is 0. The lowest BCUT2D eigenvalue weighted by Crippen LogP contribution is -2.51. The highest BCUT2D eigenvalue weighted by atomic mass is 32.2. The number of likely N-dealkylation sites (tertiary alicyclic amines) is 1. The molecule has 4 nitrogen and oxygen atoms in total. The predicted octanol–water partition coefficient (Wildman–Crippen LogP) is 2.90. The van der Waals surface area contributed by atoms with Crippen molar-refractivity contribution < 1.29 is 0 Å². The molecule has 0 aromatic heterocycles. The van der Waals surface area contributed by atoms with Gasteiger partial charge in [-0.05, 0) is 65.1 Å². The molecule has 0 atom stereocenters. The van der Waals surface area contributed by atoms with Crippen molar-refractivity contribution in [3.8, 4) is 0 Å². The molecular weight excluding hydrogens is 304 g/mol. The third-order valence-electron chi connectivity index (χ3n) is 5.00. The molecule has 0 aromatic rings. The lowest BCUT2D eigenvalue weighted by atomic mass is 9.99. The largest absolute Gasteiger partial charge is 0.356 e. The molecule has 23 heavy (non-hydrogen) atoms. The number of nitrogens with one attached hydrogen (secondary N) is 1. The van der Waals surface area contributed by atoms with Crippen LogP contribution in [0.1, 0.15) is 46.5 Å². The maximum atomic E-state index is 4.48. The van der Waals surface area contributed by atoms with Crippen molar-refractivity contribution in [2.45, 2.75) is 51.2 Å². The number of guanidine groups is 1. The summed E-state index contributed by atoms with van der Waals surface area (Å²) in [5, 5.41) is 3.57. The van der Waals surface area contributed by atoms with E-state index in [4.69, 9.17) is 0 Å². The van der Waals surface area contributed by atoms with E-state index >= 15 is 0 Å². The topological polar surface area (TPSA) is 30.9 Å². The molecule has 0 bridgehead atoms. The number of nitrogens with zero attached hydrogens (tertiary/aromatic N) is 3. The smallest absolute Gasteiger partial charge is 0.193 e. The summed E-state index contributed by atoms with van der Waals surface area (Å²) in [7, 11) is 1.91. The van der Waals surface area contributed by atoms with Gasteiger partial charge in [0.1, 0.15) is 0 Å². The fraction of sp³-hybridized carbons (Fsp3) is 0.944. The summed E-state index contributed by atoms with van der Waals surface area (Å²) in [4.78, 5) is 9.54. The Bertz CT molecular complexity index is 375. The first-order chi connectivity index (χ1) is 11.0. The molecule has 2 fully saturated rings. The Morgan fingerprint density at radius 2 is 1.96 bits per heavy atom. The Labute approximate surface area is 147 Å². The summed E-state index contributed by atoms with van der Waals surface area (Å²) >= 11 is 2.07. The third kappa shape index (κ3) is 6.54. The van der Waals surface area contributed by atoms with Gasteiger partial charge in [0.25, 0.3) is 0 Å². The van der Waals surface area contributed by atoms with Crippen molar-refractivity contribution in [2.75, 3.05) is 52.1 Å². The van der Waals surface area contributed by atoms with Gasteiger partial charge < -0.3 is 15.1 Å². The SMILES string of the molecule is CN=C(NCCCCN1CCC(C)CC1)N1CCSC(C)(C)C1. The van der Waals surface area contributed by atoms with E-state index in [1.165, 1.54) is 51.1 Å². The molecule has 2 heterocycles. The zero-order valence-electron chi connectivity index (χ0n) is 15.6. The predicted molar refractivity (Wildman–Crippen MR) is 104 cm³/mol. The van der Waals surface area contributed by atoms with Crippen molar-refractivity contribution in [1.82, 2.24) is 15.1 Å². The minimum atomic E-state index is 0.335. The van der Waals surface area contributed by atoms with Crippen LogP contribution in [0.4, 0.5) is 0 Å². The number of rotatable bonds is 5. The van der Waals surface area contributed by atoms with Crippen LogP contribution in [0.25, 0.3) is 0 Å². The number of unbranched alkanes of at least 4 members (excludes halogenated alkanes) is 1. The van der Waals surface area contributed by atoms with Crippen LogP contribution in [-0.2, 0) is 0 Å². The minimum Gasteiger partial charge on any atom is -0.356 e. The van der Waals surface area contributed by atoms with Gasteiger partial charge in [-0.1, -0.05) is 6.92 Å². The summed E-state index contributed by atoms with van der Waals surface area (Å²) < 4.78 is 0.335. The summed E-state index contributed by atoms with van der Waals surface area (Å²) in [5.41, 5.74) is 0. The maximum Gasteiger partial charge on any atom is 0.193 e. The molecular formula is C18H36N4S. The highest BCUT2D eigenvalue weighted by Gasteiger charge is 2.28. The second-order valence-corrected chi connectivity index (χ2v) is 9.54. The highest BCUT2D eigenvalue weighted by Crippen LogP contribution is 2.29. The molecule has 0 amide bonds. The van der Waals surface area contributed by atoms with Gasteiger partial charge in [-0.25, -0.2) is 0 Å². The summed E-state index contributed by atoms with van der Waals surface area (Å²) in [6.45, 7) is 14.2. The monoisotopic (exact) mass is 340 g/mol. The lowest BCUT2D eigenvalue weighted by Gasteiger charge is -2.39. The number of aliphatic imine (C=N–C) groups is 1. The van der Waals surface area contributed by atoms with Crippen LogP contribution < -0.4 is 5.32 Å². The Hall–Kier alpha value is -0.420. The first kappa shape index (κ1) is 18.9. The van der Waals surface area contributed by atoms with E-state index in [2.05, 4.69) is 52.6 Å². The van der Waals surface area contributed by atoms with E-state index in [1.807, 2.05) is 7.05 Å². The van der Waals surface area contributed by atoms with Gasteiger partial charge in [-0.15, -0.1) is 0 Å². The molecule has 2 saturated heterocycles. The molecule has 0 spiro atoms. The van der Waals surface area contributed by atoms with E-state index < -0.39 is 0 Å². The van der Waals surface area contributed by atoms with Crippen molar-refractivity contribution in [1.29, 1.82) is 0 Å². The van der Waals surface area contributed by atoms with Gasteiger partial charge in [0.2, 0.25) is 0 Å². The first-order valence-corrected chi connectivity index (χ1v) is 10.3. The standard InChI is InChI=1S/C18H36N4S/c1-16-7-11-21(12-8-16)10-6-5-9-20-17(19-4)22-13-14-23-18(2,3)15-22/h16H,5-15H2,1-4H3,(H,19,20). The Morgan fingerprint density at radius 3 is 2.61 bits per heavy atom. The summed E-state index contributed by atoms with van der Waals surface area (Å²) in [6.07, 6.45) is 5.29. The molecule has 0 unspecified atom stereocenters. The van der Waals surface area contributed by atoms with Crippen molar-refractivity contribution >= 4 is 17.7 Å². The highest BCUT2D eigenvalue weighted by molar-refractivity contribution is 8.00. The molecule has 0 radical (unpaired) electrons. The van der Waals surface area contributed by atoms with Gasteiger partial charge >= 0.3 is 0 Å². The van der Waals surface area contributed by atoms with Crippen molar-refractivity contribution in [3.05, 3.63) is 0 Å². The minimum absolute atomic E-state index is 0.335. The molecule has 0 aliphatic carbocycles. The zero-order chi connectivity index (χ0) is 16.7. The first-order valence-electron chi connectivity index (χ1n) is 9.32.